The van der Waals surface area contributed by atoms with Gasteiger partial charge in [0.1, 0.15) is 6.61 Å². The fourth-order valence-corrected chi connectivity index (χ4v) is 2.90. The monoisotopic (exact) mass is 369 g/mol. The lowest BCUT2D eigenvalue weighted by atomic mass is 10.0. The molecule has 0 radical (unpaired) electrons. The lowest BCUT2D eigenvalue weighted by molar-refractivity contribution is -0.144. The van der Waals surface area contributed by atoms with E-state index in [-0.39, 0.29) is 18.6 Å². The maximum Gasteiger partial charge on any atom is 0.310 e. The lowest BCUT2D eigenvalue weighted by Gasteiger charge is -2.07. The lowest BCUT2D eigenvalue weighted by Crippen LogP contribution is -2.23. The summed E-state index contributed by atoms with van der Waals surface area (Å²) in [5, 5.41) is 2.10. The number of benzene rings is 1. The van der Waals surface area contributed by atoms with E-state index in [4.69, 9.17) is 4.74 Å². The first kappa shape index (κ1) is 20.6. The molecule has 1 aromatic rings. The van der Waals surface area contributed by atoms with Gasteiger partial charge in [-0.2, -0.15) is 0 Å². The Kier molecular flexibility index (Phi) is 8.49. The quantitative estimate of drug-likeness (QED) is 0.263. The molecule has 2 amide bonds. The van der Waals surface area contributed by atoms with E-state index >= 15 is 0 Å². The molecule has 27 heavy (non-hydrogen) atoms. The van der Waals surface area contributed by atoms with Crippen molar-refractivity contribution < 1.29 is 19.1 Å². The van der Waals surface area contributed by atoms with Crippen LogP contribution in [0.5, 0.6) is 0 Å². The van der Waals surface area contributed by atoms with Crippen molar-refractivity contribution in [3.05, 3.63) is 59.7 Å². The van der Waals surface area contributed by atoms with Crippen LogP contribution in [0.2, 0.25) is 0 Å². The number of nitrogens with one attached hydrogen (secondary N) is 1. The number of esters is 1. The van der Waals surface area contributed by atoms with E-state index in [0.29, 0.717) is 0 Å². The average molecular weight is 369 g/mol. The van der Waals surface area contributed by atoms with Crippen LogP contribution in [-0.2, 0) is 32.1 Å². The summed E-state index contributed by atoms with van der Waals surface area (Å²) in [5.74, 6) is -1.54. The maximum absolute atomic E-state index is 11.8. The Morgan fingerprint density at radius 1 is 1.00 bits per heavy atom. The van der Waals surface area contributed by atoms with Gasteiger partial charge in [0.25, 0.3) is 11.8 Å². The summed E-state index contributed by atoms with van der Waals surface area (Å²) < 4.78 is 5.18. The first-order valence-corrected chi connectivity index (χ1v) is 9.48. The Labute approximate surface area is 160 Å². The van der Waals surface area contributed by atoms with Crippen LogP contribution in [0.25, 0.3) is 0 Å². The molecule has 1 aliphatic rings. The minimum Gasteiger partial charge on any atom is -0.461 e. The third-order valence-corrected chi connectivity index (χ3v) is 4.46. The van der Waals surface area contributed by atoms with Gasteiger partial charge in [0.05, 0.1) is 6.42 Å². The molecule has 0 spiro atoms. The van der Waals surface area contributed by atoms with Crippen molar-refractivity contribution in [2.24, 2.45) is 0 Å². The molecule has 1 aliphatic heterocycles. The van der Waals surface area contributed by atoms with Gasteiger partial charge in [-0.05, 0) is 36.8 Å². The van der Waals surface area contributed by atoms with E-state index in [0.717, 1.165) is 24.5 Å². The average Bonchev–Trinajstić information content (AvgIpc) is 2.97. The molecule has 0 bridgehead atoms. The van der Waals surface area contributed by atoms with Crippen molar-refractivity contribution in [1.82, 2.24) is 5.32 Å². The van der Waals surface area contributed by atoms with Gasteiger partial charge >= 0.3 is 5.97 Å². The second-order valence-electron chi connectivity index (χ2n) is 6.74. The summed E-state index contributed by atoms with van der Waals surface area (Å²) in [6.07, 6.45) is 11.3. The summed E-state index contributed by atoms with van der Waals surface area (Å²) in [7, 11) is 0. The van der Waals surface area contributed by atoms with Crippen molar-refractivity contribution >= 4 is 17.8 Å². The van der Waals surface area contributed by atoms with Crippen molar-refractivity contribution in [3.8, 4) is 0 Å². The normalized spacial score (nSPS) is 13.3. The van der Waals surface area contributed by atoms with Crippen LogP contribution >= 0.6 is 0 Å². The minimum absolute atomic E-state index is 0.143. The Morgan fingerprint density at radius 3 is 2.33 bits per heavy atom. The molecular weight excluding hydrogens is 342 g/mol. The molecule has 0 aliphatic carbocycles. The first-order valence-electron chi connectivity index (χ1n) is 9.48. The summed E-state index contributed by atoms with van der Waals surface area (Å²) in [5.41, 5.74) is 2.32. The largest absolute Gasteiger partial charge is 0.461 e. The number of allylic oxidation sites excluding steroid dienone is 1. The molecular formula is C22H27NO4. The van der Waals surface area contributed by atoms with Gasteiger partial charge in [-0.1, -0.05) is 49.6 Å². The summed E-state index contributed by atoms with van der Waals surface area (Å²) >= 11 is 0. The Bertz CT molecular complexity index is 704. The molecule has 0 atom stereocenters. The predicted octanol–water partition coefficient (Wildman–Crippen LogP) is 3.77. The van der Waals surface area contributed by atoms with Crippen molar-refractivity contribution in [1.29, 1.82) is 0 Å². The first-order chi connectivity index (χ1) is 13.1. The minimum atomic E-state index is -0.526. The summed E-state index contributed by atoms with van der Waals surface area (Å²) in [6.45, 7) is 3.89. The van der Waals surface area contributed by atoms with Crippen LogP contribution in [-0.4, -0.2) is 17.8 Å². The molecule has 0 fully saturated rings. The van der Waals surface area contributed by atoms with Gasteiger partial charge in [-0.3, -0.25) is 19.7 Å². The van der Waals surface area contributed by atoms with Crippen LogP contribution in [0.15, 0.2) is 48.6 Å². The van der Waals surface area contributed by atoms with Gasteiger partial charge in [-0.15, -0.1) is 6.58 Å². The van der Waals surface area contributed by atoms with Crippen LogP contribution in [0.3, 0.4) is 0 Å². The highest BCUT2D eigenvalue weighted by molar-refractivity contribution is 6.17. The molecule has 144 valence electrons. The van der Waals surface area contributed by atoms with Crippen LogP contribution in [0.4, 0.5) is 0 Å². The fourth-order valence-electron chi connectivity index (χ4n) is 2.90. The third-order valence-electron chi connectivity index (χ3n) is 4.46. The van der Waals surface area contributed by atoms with E-state index in [9.17, 15) is 14.4 Å². The molecule has 0 saturated heterocycles. The van der Waals surface area contributed by atoms with E-state index in [1.807, 2.05) is 18.2 Å². The van der Waals surface area contributed by atoms with Gasteiger partial charge in [0.15, 0.2) is 0 Å². The highest BCUT2D eigenvalue weighted by atomic mass is 16.5. The summed E-state index contributed by atoms with van der Waals surface area (Å²) in [6, 6.07) is 8.04. The zero-order valence-electron chi connectivity index (χ0n) is 15.7. The number of carbonyl (C=O) groups is 3. The third kappa shape index (κ3) is 7.60. The Morgan fingerprint density at radius 2 is 1.67 bits per heavy atom. The van der Waals surface area contributed by atoms with E-state index in [1.54, 1.807) is 0 Å². The predicted molar refractivity (Wildman–Crippen MR) is 104 cm³/mol. The highest BCUT2D eigenvalue weighted by Crippen LogP contribution is 2.13. The maximum atomic E-state index is 11.8. The fraction of sp³-hybridized carbons (Fsp3) is 0.409. The molecule has 5 nitrogen and oxygen atoms in total. The van der Waals surface area contributed by atoms with Crippen LogP contribution in [0.1, 0.15) is 56.1 Å². The number of ether oxygens (including phenoxy) is 1. The van der Waals surface area contributed by atoms with E-state index in [1.165, 1.54) is 37.7 Å². The van der Waals surface area contributed by atoms with Gasteiger partial charge < -0.3 is 4.74 Å². The Hall–Kier alpha value is -2.69. The zero-order chi connectivity index (χ0) is 19.5. The van der Waals surface area contributed by atoms with E-state index in [2.05, 4.69) is 24.0 Å². The number of hydrogen-bond acceptors (Lipinski definition) is 4. The van der Waals surface area contributed by atoms with Gasteiger partial charge in [-0.25, -0.2) is 0 Å². The van der Waals surface area contributed by atoms with Crippen molar-refractivity contribution in [2.45, 2.75) is 58.0 Å². The second kappa shape index (κ2) is 11.1. The standard InChI is InChI=1S/C22H27NO4/c1-2-3-4-5-6-7-8-9-17-10-12-18(13-11-17)16-27-21(25)15-19-14-20(24)23-22(19)26/h2,10-14H,1,3-9,15-16H2,(H,23,24,26). The topological polar surface area (TPSA) is 72.5 Å². The molecule has 0 aromatic heterocycles. The number of carbonyl (C=O) groups excluding carboxylic acids is 3. The zero-order valence-corrected chi connectivity index (χ0v) is 15.7. The smallest absolute Gasteiger partial charge is 0.310 e. The number of aryl methyl sites for hydroxylation is 1. The molecule has 1 aromatic carbocycles. The molecule has 5 heteroatoms. The molecule has 2 rings (SSSR count). The van der Waals surface area contributed by atoms with E-state index < -0.39 is 17.8 Å². The number of hydrogen-bond donors (Lipinski definition) is 1. The van der Waals surface area contributed by atoms with Crippen LogP contribution in [0, 0.1) is 0 Å². The second-order valence-corrected chi connectivity index (χ2v) is 6.74. The molecule has 0 saturated carbocycles. The number of amides is 2. The van der Waals surface area contributed by atoms with Gasteiger partial charge in [0, 0.05) is 11.6 Å². The van der Waals surface area contributed by atoms with Crippen LogP contribution < -0.4 is 5.32 Å². The highest BCUT2D eigenvalue weighted by Gasteiger charge is 2.23. The summed E-state index contributed by atoms with van der Waals surface area (Å²) in [4.78, 5) is 34.2. The van der Waals surface area contributed by atoms with Crippen molar-refractivity contribution in [3.63, 3.8) is 0 Å². The molecule has 0 unspecified atom stereocenters. The molecule has 1 heterocycles. The van der Waals surface area contributed by atoms with Gasteiger partial charge in [0.2, 0.25) is 0 Å². The SMILES string of the molecule is C=CCCCCCCCc1ccc(COC(=O)CC2=CC(=O)NC2=O)cc1. The molecule has 1 N–H and O–H groups in total. The number of rotatable bonds is 12. The number of unbranched alkanes of at least 4 members (excludes halogenated alkanes) is 5. The number of imide groups is 1. The Balaban J connectivity index is 1.64. The van der Waals surface area contributed by atoms with Crippen molar-refractivity contribution in [2.75, 3.05) is 0 Å².